The number of amides is 2. The lowest BCUT2D eigenvalue weighted by molar-refractivity contribution is -0.147. The van der Waals surface area contributed by atoms with Crippen molar-refractivity contribution in [2.75, 3.05) is 20.1 Å². The zero-order chi connectivity index (χ0) is 20.4. The highest BCUT2D eigenvalue weighted by Crippen LogP contribution is 2.21. The molecule has 0 bridgehead atoms. The summed E-state index contributed by atoms with van der Waals surface area (Å²) in [6.45, 7) is 1.39. The molecular formula is C23H22FN3O2. The lowest BCUT2D eigenvalue weighted by Gasteiger charge is -2.40. The SMILES string of the molecule is CN(Cc1ccc2ncccc2c1)C(=O)C1CN(C(=O)Cc2ccc(F)cc2)C1. The minimum Gasteiger partial charge on any atom is -0.341 e. The van der Waals surface area contributed by atoms with E-state index in [4.69, 9.17) is 0 Å². The molecule has 2 aromatic carbocycles. The largest absolute Gasteiger partial charge is 0.341 e. The van der Waals surface area contributed by atoms with Crippen LogP contribution in [0, 0.1) is 11.7 Å². The van der Waals surface area contributed by atoms with Gasteiger partial charge in [-0.2, -0.15) is 0 Å². The summed E-state index contributed by atoms with van der Waals surface area (Å²) < 4.78 is 13.0. The smallest absolute Gasteiger partial charge is 0.229 e. The molecule has 0 saturated carbocycles. The van der Waals surface area contributed by atoms with E-state index in [9.17, 15) is 14.0 Å². The Hall–Kier alpha value is -3.28. The first kappa shape index (κ1) is 19.1. The maximum absolute atomic E-state index is 13.0. The van der Waals surface area contributed by atoms with Gasteiger partial charge < -0.3 is 9.80 Å². The minimum atomic E-state index is -0.318. The van der Waals surface area contributed by atoms with Gasteiger partial charge in [-0.1, -0.05) is 24.3 Å². The molecule has 0 N–H and O–H groups in total. The van der Waals surface area contributed by atoms with Crippen molar-refractivity contribution in [2.45, 2.75) is 13.0 Å². The molecule has 1 aromatic heterocycles. The van der Waals surface area contributed by atoms with Gasteiger partial charge in [-0.3, -0.25) is 14.6 Å². The summed E-state index contributed by atoms with van der Waals surface area (Å²) in [6.07, 6.45) is 1.99. The normalized spacial score (nSPS) is 13.9. The number of likely N-dealkylation sites (tertiary alicyclic amines) is 1. The number of carbonyl (C=O) groups is 2. The fourth-order valence-electron chi connectivity index (χ4n) is 3.61. The van der Waals surface area contributed by atoms with E-state index in [2.05, 4.69) is 4.98 Å². The van der Waals surface area contributed by atoms with Gasteiger partial charge in [0.1, 0.15) is 5.82 Å². The number of nitrogens with zero attached hydrogens (tertiary/aromatic N) is 3. The van der Waals surface area contributed by atoms with Gasteiger partial charge in [0.2, 0.25) is 11.8 Å². The van der Waals surface area contributed by atoms with Crippen LogP contribution in [0.4, 0.5) is 4.39 Å². The van der Waals surface area contributed by atoms with Crippen molar-refractivity contribution in [3.63, 3.8) is 0 Å². The van der Waals surface area contributed by atoms with Crippen molar-refractivity contribution in [3.05, 3.63) is 77.7 Å². The van der Waals surface area contributed by atoms with Crippen LogP contribution in [0.1, 0.15) is 11.1 Å². The van der Waals surface area contributed by atoms with Crippen molar-refractivity contribution in [2.24, 2.45) is 5.92 Å². The number of halogens is 1. The maximum Gasteiger partial charge on any atom is 0.229 e. The van der Waals surface area contributed by atoms with Crippen LogP contribution in [-0.2, 0) is 22.6 Å². The molecule has 2 amide bonds. The lowest BCUT2D eigenvalue weighted by atomic mass is 9.97. The number of rotatable bonds is 5. The second kappa shape index (κ2) is 7.99. The third-order valence-electron chi connectivity index (χ3n) is 5.32. The molecule has 0 radical (unpaired) electrons. The monoisotopic (exact) mass is 391 g/mol. The Labute approximate surface area is 168 Å². The lowest BCUT2D eigenvalue weighted by Crippen LogP contribution is -2.56. The summed E-state index contributed by atoms with van der Waals surface area (Å²) in [5.74, 6) is -0.478. The Morgan fingerprint density at radius 2 is 1.83 bits per heavy atom. The summed E-state index contributed by atoms with van der Waals surface area (Å²) >= 11 is 0. The molecule has 1 aliphatic heterocycles. The van der Waals surface area contributed by atoms with E-state index in [-0.39, 0.29) is 30.0 Å². The van der Waals surface area contributed by atoms with E-state index in [1.54, 1.807) is 35.2 Å². The summed E-state index contributed by atoms with van der Waals surface area (Å²) in [4.78, 5) is 32.7. The average Bonchev–Trinajstić information content (AvgIpc) is 2.68. The number of benzene rings is 2. The molecule has 0 spiro atoms. The van der Waals surface area contributed by atoms with Crippen LogP contribution in [-0.4, -0.2) is 46.7 Å². The Morgan fingerprint density at radius 1 is 1.10 bits per heavy atom. The highest BCUT2D eigenvalue weighted by atomic mass is 19.1. The van der Waals surface area contributed by atoms with Crippen LogP contribution in [0.15, 0.2) is 60.8 Å². The van der Waals surface area contributed by atoms with Gasteiger partial charge in [-0.15, -0.1) is 0 Å². The first-order chi connectivity index (χ1) is 14.0. The van der Waals surface area contributed by atoms with E-state index < -0.39 is 0 Å². The quantitative estimate of drug-likeness (QED) is 0.672. The molecule has 1 fully saturated rings. The second-order valence-corrected chi connectivity index (χ2v) is 7.52. The van der Waals surface area contributed by atoms with Crippen LogP contribution in [0.3, 0.4) is 0 Å². The van der Waals surface area contributed by atoms with Gasteiger partial charge in [-0.05, 0) is 41.5 Å². The van der Waals surface area contributed by atoms with Crippen LogP contribution in [0.5, 0.6) is 0 Å². The van der Waals surface area contributed by atoms with Crippen LogP contribution in [0.25, 0.3) is 10.9 Å². The molecule has 6 heteroatoms. The first-order valence-corrected chi connectivity index (χ1v) is 9.60. The molecule has 5 nitrogen and oxygen atoms in total. The molecule has 0 unspecified atom stereocenters. The molecule has 1 saturated heterocycles. The standard InChI is InChI=1S/C23H22FN3O2/c1-26(13-17-6-9-21-18(11-17)3-2-10-25-21)23(29)19-14-27(15-19)22(28)12-16-4-7-20(24)8-5-16/h2-11,19H,12-15H2,1H3. The van der Waals surface area contributed by atoms with Crippen LogP contribution < -0.4 is 0 Å². The number of pyridine rings is 1. The van der Waals surface area contributed by atoms with Crippen LogP contribution >= 0.6 is 0 Å². The van der Waals surface area contributed by atoms with E-state index in [0.29, 0.717) is 19.6 Å². The van der Waals surface area contributed by atoms with Gasteiger partial charge in [0.15, 0.2) is 0 Å². The molecule has 1 aliphatic rings. The Kier molecular flexibility index (Phi) is 5.25. The number of hydrogen-bond donors (Lipinski definition) is 0. The van der Waals surface area contributed by atoms with Gasteiger partial charge in [0, 0.05) is 38.3 Å². The second-order valence-electron chi connectivity index (χ2n) is 7.52. The van der Waals surface area contributed by atoms with Crippen molar-refractivity contribution in [1.29, 1.82) is 0 Å². The van der Waals surface area contributed by atoms with E-state index >= 15 is 0 Å². The number of aromatic nitrogens is 1. The highest BCUT2D eigenvalue weighted by Gasteiger charge is 2.36. The fourth-order valence-corrected chi connectivity index (χ4v) is 3.61. The Morgan fingerprint density at radius 3 is 2.59 bits per heavy atom. The van der Waals surface area contributed by atoms with Crippen molar-refractivity contribution in [1.82, 2.24) is 14.8 Å². The third kappa shape index (κ3) is 4.26. The van der Waals surface area contributed by atoms with E-state index in [0.717, 1.165) is 22.0 Å². The van der Waals surface area contributed by atoms with Crippen LogP contribution in [0.2, 0.25) is 0 Å². The number of hydrogen-bond acceptors (Lipinski definition) is 3. The molecule has 0 atom stereocenters. The summed E-state index contributed by atoms with van der Waals surface area (Å²) in [7, 11) is 1.79. The minimum absolute atomic E-state index is 0.0367. The van der Waals surface area contributed by atoms with Gasteiger partial charge in [0.05, 0.1) is 17.9 Å². The predicted octanol–water partition coefficient (Wildman–Crippen LogP) is 3.03. The highest BCUT2D eigenvalue weighted by molar-refractivity contribution is 5.85. The van der Waals surface area contributed by atoms with Crippen molar-refractivity contribution in [3.8, 4) is 0 Å². The zero-order valence-electron chi connectivity index (χ0n) is 16.2. The first-order valence-electron chi connectivity index (χ1n) is 9.60. The Balaban J connectivity index is 1.29. The predicted molar refractivity (Wildman–Crippen MR) is 108 cm³/mol. The summed E-state index contributed by atoms with van der Waals surface area (Å²) in [6, 6.07) is 15.8. The number of fused-ring (bicyclic) bond motifs is 1. The van der Waals surface area contributed by atoms with E-state index in [1.807, 2.05) is 30.3 Å². The number of carbonyl (C=O) groups excluding carboxylic acids is 2. The van der Waals surface area contributed by atoms with Gasteiger partial charge in [-0.25, -0.2) is 4.39 Å². The zero-order valence-corrected chi connectivity index (χ0v) is 16.2. The molecule has 148 valence electrons. The topological polar surface area (TPSA) is 53.5 Å². The molecule has 3 aromatic rings. The third-order valence-corrected chi connectivity index (χ3v) is 5.32. The van der Waals surface area contributed by atoms with Gasteiger partial charge in [0.25, 0.3) is 0 Å². The fraction of sp³-hybridized carbons (Fsp3) is 0.261. The molecule has 0 aliphatic carbocycles. The summed E-state index contributed by atoms with van der Waals surface area (Å²) in [5.41, 5.74) is 2.75. The molecular weight excluding hydrogens is 369 g/mol. The maximum atomic E-state index is 13.0. The molecule has 29 heavy (non-hydrogen) atoms. The van der Waals surface area contributed by atoms with E-state index in [1.165, 1.54) is 12.1 Å². The van der Waals surface area contributed by atoms with Crippen molar-refractivity contribution < 1.29 is 14.0 Å². The Bertz CT molecular complexity index is 1050. The summed E-state index contributed by atoms with van der Waals surface area (Å²) in [5, 5.41) is 1.05. The van der Waals surface area contributed by atoms with Gasteiger partial charge >= 0.3 is 0 Å². The average molecular weight is 391 g/mol. The molecule has 2 heterocycles. The van der Waals surface area contributed by atoms with Crippen molar-refractivity contribution >= 4 is 22.7 Å². The molecule has 4 rings (SSSR count).